The predicted molar refractivity (Wildman–Crippen MR) is 426 cm³/mol. The van der Waals surface area contributed by atoms with Gasteiger partial charge in [-0.05, 0) is 129 Å². The molecule has 42 heteroatoms. The molecular formula is C78H104N16O25S. The van der Waals surface area contributed by atoms with Crippen LogP contribution in [-0.4, -0.2) is 268 Å². The van der Waals surface area contributed by atoms with Gasteiger partial charge >= 0.3 is 17.9 Å². The van der Waals surface area contributed by atoms with E-state index in [1.807, 2.05) is 0 Å². The van der Waals surface area contributed by atoms with Gasteiger partial charge in [0.05, 0.1) is 31.9 Å². The number of nitrogens with zero attached hydrogens (tertiary/aromatic N) is 2. The Morgan fingerprint density at radius 2 is 0.758 bits per heavy atom. The van der Waals surface area contributed by atoms with Crippen LogP contribution < -0.4 is 75.7 Å². The molecule has 14 atom stereocenters. The molecular weight excluding hydrogens is 1590 g/mol. The summed E-state index contributed by atoms with van der Waals surface area (Å²) in [5.41, 5.74) is 18.4. The number of aliphatic hydroxyl groups excluding tert-OH is 1. The summed E-state index contributed by atoms with van der Waals surface area (Å²) >= 11 is 4.26. The number of aliphatic hydroxyl groups is 1. The first kappa shape index (κ1) is 96.1. The lowest BCUT2D eigenvalue weighted by atomic mass is 10.0. The van der Waals surface area contributed by atoms with Gasteiger partial charge in [0.1, 0.15) is 102 Å². The van der Waals surface area contributed by atoms with Gasteiger partial charge in [-0.25, -0.2) is 4.79 Å². The molecule has 0 radical (unpaired) electrons. The molecule has 4 aromatic rings. The van der Waals surface area contributed by atoms with E-state index in [4.69, 9.17) is 17.2 Å². The van der Waals surface area contributed by atoms with Crippen molar-refractivity contribution < 1.29 is 122 Å². The van der Waals surface area contributed by atoms with E-state index in [2.05, 4.69) is 71.1 Å². The van der Waals surface area contributed by atoms with Crippen molar-refractivity contribution in [2.24, 2.45) is 23.1 Å². The summed E-state index contributed by atoms with van der Waals surface area (Å²) in [6.07, 6.45) is -3.03. The van der Waals surface area contributed by atoms with Crippen molar-refractivity contribution in [1.29, 1.82) is 0 Å². The number of carbonyl (C=O) groups is 17. The lowest BCUT2D eigenvalue weighted by Gasteiger charge is -2.32. The van der Waals surface area contributed by atoms with Gasteiger partial charge in [-0.3, -0.25) is 76.7 Å². The van der Waals surface area contributed by atoms with Crippen LogP contribution >= 0.6 is 12.6 Å². The minimum Gasteiger partial charge on any atom is -0.508 e. The number of carbonyl (C=O) groups excluding carboxylic acids is 14. The molecule has 0 spiro atoms. The number of thiol groups is 1. The number of hydrogen-bond acceptors (Lipinski definition) is 25. The topological polar surface area (TPSA) is 669 Å². The quantitative estimate of drug-likeness (QED) is 0.0146. The number of amides is 14. The lowest BCUT2D eigenvalue weighted by molar-refractivity contribution is -0.146. The molecule has 120 heavy (non-hydrogen) atoms. The van der Waals surface area contributed by atoms with E-state index in [1.54, 1.807) is 0 Å². The number of aromatic hydroxyl groups is 4. The van der Waals surface area contributed by atoms with E-state index < -0.39 is 229 Å². The zero-order chi connectivity index (χ0) is 88.8. The first-order chi connectivity index (χ1) is 56.8. The summed E-state index contributed by atoms with van der Waals surface area (Å²) in [5.74, 6) is -21.9. The molecule has 41 nitrogen and oxygen atoms in total. The fourth-order valence-corrected chi connectivity index (χ4v) is 13.4. The van der Waals surface area contributed by atoms with Crippen LogP contribution in [0.2, 0.25) is 0 Å². The van der Waals surface area contributed by atoms with Gasteiger partial charge in [-0.1, -0.05) is 68.8 Å². The van der Waals surface area contributed by atoms with E-state index in [0.717, 1.165) is 9.80 Å². The first-order valence-electron chi connectivity index (χ1n) is 38.5. The second kappa shape index (κ2) is 46.4. The lowest BCUT2D eigenvalue weighted by Crippen LogP contribution is -2.62. The van der Waals surface area contributed by atoms with Crippen molar-refractivity contribution in [3.8, 4) is 23.0 Å². The monoisotopic (exact) mass is 1700 g/mol. The van der Waals surface area contributed by atoms with Gasteiger partial charge in [0, 0.05) is 44.5 Å². The molecule has 0 bridgehead atoms. The van der Waals surface area contributed by atoms with Crippen molar-refractivity contribution in [3.05, 3.63) is 119 Å². The number of carboxylic acids is 3. The van der Waals surface area contributed by atoms with E-state index in [1.165, 1.54) is 118 Å². The number of aliphatic carboxylic acids is 3. The minimum atomic E-state index is -2.03. The van der Waals surface area contributed by atoms with Gasteiger partial charge in [-0.15, -0.1) is 0 Å². The predicted octanol–water partition coefficient (Wildman–Crippen LogP) is -4.94. The number of unbranched alkanes of at least 4 members (excludes halogenated alkanes) is 1. The number of carboxylic acid groups (broad SMARTS) is 3. The molecule has 0 aliphatic carbocycles. The summed E-state index contributed by atoms with van der Waals surface area (Å²) in [4.78, 5) is 236. The molecule has 2 heterocycles. The SMILES string of the molecule is CC(C)[C@H](NC(=O)[C@H](CC(=O)O)NC(=O)[C@H](Cc1ccc(O)cc1)NC(=O)[C@@H]1CCCN1C(=O)[C@H](Cc1ccc(O)cc1)NC(=O)[C@H](CS)NC(=O)[C@H](CC(N)=O)NC(=O)[C@H](CO)NC(=O)[C@H](Cc1ccc(O)cc1)NC(=O)[C@H](C)NC(=O)[C@@H](N)CCCCN)C(=O)N1CCC[C@H]1C(=O)N[C@@H](CC(=O)O)C(=O)N[C@@H](Cc1ccc(O)cc1)C(=O)O. The number of hydrogen-bond donors (Lipinski definition) is 23. The average Bonchev–Trinajstić information content (AvgIpc) is 1.66. The van der Waals surface area contributed by atoms with Gasteiger partial charge in [0.25, 0.3) is 0 Å². The third-order valence-electron chi connectivity index (χ3n) is 19.7. The van der Waals surface area contributed by atoms with Crippen LogP contribution in [-0.2, 0) is 107 Å². The Morgan fingerprint density at radius 3 is 1.18 bits per heavy atom. The number of phenols is 4. The third kappa shape index (κ3) is 29.7. The number of benzene rings is 4. The Labute approximate surface area is 693 Å². The standard InChI is InChI=1S/C78H104N16O25S/c1-39(2)64(77(117)94-29-7-10-60(94)75(115)87-53(35-62(101)102)70(110)89-56(78(118)119)33-44-17-25-48(99)26-18-44)92-71(111)54(36-63(103)104)85-67(107)51(31-42-13-21-46(97)22-14-42)86-74(114)59-9-6-28-93(59)76(116)55(32-43-15-23-47(98)24-16-43)88-73(113)58(38-120)91-69(109)52(34-61(81)100)84-72(112)57(37-95)90-68(108)50(30-41-11-19-45(96)20-12-41)83-65(105)40(3)82-66(106)49(80)8-4-5-27-79/h11-26,39-40,49-60,64,95-99,120H,4-10,27-38,79-80H2,1-3H3,(H2,81,100)(H,82,106)(H,83,105)(H,84,112)(H,85,107)(H,86,114)(H,87,115)(H,88,113)(H,89,110)(H,90,108)(H,91,109)(H,92,111)(H,101,102)(H,103,104)(H,118,119)/t40-,49-,50-,51-,52-,53-,54-,55-,56-,57-,58-,59-,60-,64-/m0/s1. The van der Waals surface area contributed by atoms with Crippen LogP contribution in [0.15, 0.2) is 97.1 Å². The third-order valence-corrected chi connectivity index (χ3v) is 20.0. The van der Waals surface area contributed by atoms with E-state index in [9.17, 15) is 118 Å². The molecule has 25 N–H and O–H groups in total. The highest BCUT2D eigenvalue weighted by molar-refractivity contribution is 7.80. The normalized spacial score (nSPS) is 16.7. The van der Waals surface area contributed by atoms with Crippen molar-refractivity contribution in [2.75, 3.05) is 32.0 Å². The number of rotatable bonds is 46. The van der Waals surface area contributed by atoms with Crippen molar-refractivity contribution in [1.82, 2.24) is 68.3 Å². The molecule has 2 aliphatic rings. The maximum atomic E-state index is 15.1. The van der Waals surface area contributed by atoms with Crippen molar-refractivity contribution in [2.45, 2.75) is 195 Å². The van der Waals surface area contributed by atoms with Crippen LogP contribution in [0.3, 0.4) is 0 Å². The van der Waals surface area contributed by atoms with Crippen LogP contribution in [0.25, 0.3) is 0 Å². The van der Waals surface area contributed by atoms with Crippen LogP contribution in [0.5, 0.6) is 23.0 Å². The zero-order valence-corrected chi connectivity index (χ0v) is 66.8. The summed E-state index contributed by atoms with van der Waals surface area (Å²) < 4.78 is 0. The van der Waals surface area contributed by atoms with Crippen LogP contribution in [0.4, 0.5) is 0 Å². The average molecular weight is 1700 g/mol. The largest absolute Gasteiger partial charge is 0.508 e. The van der Waals surface area contributed by atoms with E-state index >= 15 is 4.79 Å². The molecule has 2 fully saturated rings. The van der Waals surface area contributed by atoms with E-state index in [-0.39, 0.29) is 93.0 Å². The second-order valence-electron chi connectivity index (χ2n) is 29.3. The first-order valence-corrected chi connectivity index (χ1v) is 39.1. The van der Waals surface area contributed by atoms with Gasteiger partial charge in [0.2, 0.25) is 82.7 Å². The molecule has 652 valence electrons. The van der Waals surface area contributed by atoms with E-state index in [0.29, 0.717) is 36.1 Å². The fourth-order valence-electron chi connectivity index (χ4n) is 13.1. The smallest absolute Gasteiger partial charge is 0.326 e. The summed E-state index contributed by atoms with van der Waals surface area (Å²) in [6.45, 7) is 3.19. The summed E-state index contributed by atoms with van der Waals surface area (Å²) in [5, 5.41) is 107. The number of nitrogens with two attached hydrogens (primary N) is 3. The van der Waals surface area contributed by atoms with Crippen LogP contribution in [0, 0.1) is 5.92 Å². The molecule has 14 amide bonds. The maximum absolute atomic E-state index is 15.1. The molecule has 0 unspecified atom stereocenters. The van der Waals surface area contributed by atoms with Crippen LogP contribution in [0.1, 0.15) is 107 Å². The Morgan fingerprint density at radius 1 is 0.417 bits per heavy atom. The Hall–Kier alpha value is -12.7. The molecule has 2 aliphatic heterocycles. The molecule has 0 saturated carbocycles. The number of nitrogens with one attached hydrogen (secondary N) is 11. The highest BCUT2D eigenvalue weighted by Crippen LogP contribution is 2.25. The van der Waals surface area contributed by atoms with Crippen molar-refractivity contribution in [3.63, 3.8) is 0 Å². The fraction of sp³-hybridized carbons (Fsp3) is 0.474. The number of primary amides is 1. The minimum absolute atomic E-state index is 0.0535. The summed E-state index contributed by atoms with van der Waals surface area (Å²) in [6, 6.07) is -1.49. The number of phenolic OH excluding ortho intramolecular Hbond substituents is 4. The second-order valence-corrected chi connectivity index (χ2v) is 29.7. The summed E-state index contributed by atoms with van der Waals surface area (Å²) in [7, 11) is 0. The maximum Gasteiger partial charge on any atom is 0.326 e. The van der Waals surface area contributed by atoms with Gasteiger partial charge in [-0.2, -0.15) is 12.6 Å². The van der Waals surface area contributed by atoms with Gasteiger partial charge in [0.15, 0.2) is 0 Å². The molecule has 6 rings (SSSR count). The Kier molecular flexibility index (Phi) is 37.2. The Balaban J connectivity index is 1.18. The molecule has 0 aromatic heterocycles. The zero-order valence-electron chi connectivity index (χ0n) is 65.9. The highest BCUT2D eigenvalue weighted by atomic mass is 32.1. The molecule has 2 saturated heterocycles. The highest BCUT2D eigenvalue weighted by Gasteiger charge is 2.44. The Bertz CT molecular complexity index is 4320. The van der Waals surface area contributed by atoms with Gasteiger partial charge < -0.3 is 126 Å². The van der Waals surface area contributed by atoms with Crippen molar-refractivity contribution >= 4 is 113 Å². The molecule has 4 aromatic carbocycles. The number of likely N-dealkylation sites (tertiary alicyclic amines) is 2.